The van der Waals surface area contributed by atoms with Gasteiger partial charge in [-0.2, -0.15) is 0 Å². The van der Waals surface area contributed by atoms with Crippen LogP contribution in [0.5, 0.6) is 5.75 Å². The van der Waals surface area contributed by atoms with Gasteiger partial charge < -0.3 is 15.5 Å². The Labute approximate surface area is 137 Å². The topological polar surface area (TPSA) is 99.5 Å². The lowest BCUT2D eigenvalue weighted by Crippen LogP contribution is -2.30. The van der Waals surface area contributed by atoms with E-state index in [2.05, 4.69) is 10.3 Å². The summed E-state index contributed by atoms with van der Waals surface area (Å²) in [6, 6.07) is 4.43. The lowest BCUT2D eigenvalue weighted by atomic mass is 10.1. The zero-order valence-corrected chi connectivity index (χ0v) is 12.8. The molecule has 0 fully saturated rings. The molecule has 2 heterocycles. The Hall–Kier alpha value is -2.45. The molecule has 9 heteroatoms. The van der Waals surface area contributed by atoms with Gasteiger partial charge in [0.2, 0.25) is 0 Å². The minimum Gasteiger partial charge on any atom is -0.504 e. The van der Waals surface area contributed by atoms with E-state index in [9.17, 15) is 19.1 Å². The summed E-state index contributed by atoms with van der Waals surface area (Å²) in [4.78, 5) is 26.2. The summed E-state index contributed by atoms with van der Waals surface area (Å²) >= 11 is 7.12. The first-order valence-electron chi connectivity index (χ1n) is 6.29. The number of hydrogen-bond acceptors (Lipinski definition) is 5. The van der Waals surface area contributed by atoms with E-state index in [0.29, 0.717) is 4.70 Å². The van der Waals surface area contributed by atoms with Gasteiger partial charge in [-0.05, 0) is 12.1 Å². The molecule has 0 aliphatic carbocycles. The Balaban J connectivity index is 2.22. The van der Waals surface area contributed by atoms with Gasteiger partial charge in [-0.1, -0.05) is 17.7 Å². The third-order valence-corrected chi connectivity index (χ3v) is 4.57. The minimum absolute atomic E-state index is 0.144. The summed E-state index contributed by atoms with van der Waals surface area (Å²) in [6.07, 6.45) is 0. The molecule has 0 aliphatic heterocycles. The van der Waals surface area contributed by atoms with Gasteiger partial charge in [-0.15, -0.1) is 11.3 Å². The number of carboxylic acids is 1. The Bertz CT molecular complexity index is 972. The molecule has 3 N–H and O–H groups in total. The molecule has 3 rings (SSSR count). The average molecular weight is 355 g/mol. The molecule has 1 aromatic carbocycles. The molecule has 1 amide bonds. The predicted octanol–water partition coefficient (Wildman–Crippen LogP) is 2.76. The second-order valence-electron chi connectivity index (χ2n) is 4.60. The smallest absolute Gasteiger partial charge is 0.322 e. The first-order chi connectivity index (χ1) is 10.9. The van der Waals surface area contributed by atoms with Crippen molar-refractivity contribution in [1.82, 2.24) is 10.3 Å². The van der Waals surface area contributed by atoms with Crippen molar-refractivity contribution in [2.45, 2.75) is 0 Å². The van der Waals surface area contributed by atoms with Crippen LogP contribution in [0.4, 0.5) is 4.39 Å². The van der Waals surface area contributed by atoms with Crippen LogP contribution >= 0.6 is 22.9 Å². The largest absolute Gasteiger partial charge is 0.504 e. The maximum absolute atomic E-state index is 14.0. The van der Waals surface area contributed by atoms with Gasteiger partial charge in [0, 0.05) is 15.5 Å². The van der Waals surface area contributed by atoms with Crippen molar-refractivity contribution in [3.63, 3.8) is 0 Å². The molecule has 0 atom stereocenters. The number of hydrogen-bond donors (Lipinski definition) is 3. The lowest BCUT2D eigenvalue weighted by Gasteiger charge is -2.06. The Morgan fingerprint density at radius 2 is 2.09 bits per heavy atom. The van der Waals surface area contributed by atoms with E-state index >= 15 is 0 Å². The summed E-state index contributed by atoms with van der Waals surface area (Å²) in [5.41, 5.74) is -0.407. The number of benzene rings is 1. The third-order valence-electron chi connectivity index (χ3n) is 3.14. The predicted molar refractivity (Wildman–Crippen MR) is 83.7 cm³/mol. The number of pyridine rings is 1. The maximum Gasteiger partial charge on any atom is 0.322 e. The highest BCUT2D eigenvalue weighted by Crippen LogP contribution is 2.43. The summed E-state index contributed by atoms with van der Waals surface area (Å²) in [6.45, 7) is -0.628. The van der Waals surface area contributed by atoms with Gasteiger partial charge >= 0.3 is 5.97 Å². The normalized spacial score (nSPS) is 11.0. The molecule has 3 aromatic rings. The third kappa shape index (κ3) is 2.55. The molecule has 118 valence electrons. The second-order valence-corrected chi connectivity index (χ2v) is 6.01. The van der Waals surface area contributed by atoms with Crippen molar-refractivity contribution in [3.8, 4) is 5.75 Å². The molecular formula is C14H8ClFN2O4S. The lowest BCUT2D eigenvalue weighted by molar-refractivity contribution is -0.135. The fraction of sp³-hybridized carbons (Fsp3) is 0.0714. The monoisotopic (exact) mass is 354 g/mol. The van der Waals surface area contributed by atoms with Crippen LogP contribution in [0.2, 0.25) is 5.15 Å². The van der Waals surface area contributed by atoms with Crippen LogP contribution in [0, 0.1) is 5.82 Å². The van der Waals surface area contributed by atoms with Crippen molar-refractivity contribution in [1.29, 1.82) is 0 Å². The van der Waals surface area contributed by atoms with Gasteiger partial charge in [-0.25, -0.2) is 9.37 Å². The zero-order chi connectivity index (χ0) is 16.7. The number of carbonyl (C=O) groups excluding carboxylic acids is 1. The Morgan fingerprint density at radius 3 is 2.78 bits per heavy atom. The van der Waals surface area contributed by atoms with Crippen molar-refractivity contribution < 1.29 is 24.2 Å². The number of rotatable bonds is 3. The number of aromatic nitrogens is 1. The highest BCUT2D eigenvalue weighted by atomic mass is 35.5. The first-order valence-corrected chi connectivity index (χ1v) is 7.48. The van der Waals surface area contributed by atoms with E-state index in [0.717, 1.165) is 11.3 Å². The molecule has 0 radical (unpaired) electrons. The molecule has 0 saturated heterocycles. The number of thiophene rings is 1. The van der Waals surface area contributed by atoms with Crippen molar-refractivity contribution in [3.05, 3.63) is 34.9 Å². The molecule has 2 aromatic heterocycles. The highest BCUT2D eigenvalue weighted by molar-refractivity contribution is 7.26. The number of nitrogens with one attached hydrogen (secondary N) is 1. The number of aromatic hydroxyl groups is 1. The maximum atomic E-state index is 14.0. The molecule has 23 heavy (non-hydrogen) atoms. The summed E-state index contributed by atoms with van der Waals surface area (Å²) in [5.74, 6) is -3.10. The van der Waals surface area contributed by atoms with Gasteiger partial charge in [-0.3, -0.25) is 9.59 Å². The van der Waals surface area contributed by atoms with Crippen molar-refractivity contribution in [2.75, 3.05) is 6.54 Å². The standard InChI is InChI=1S/C14H8ClFN2O4S/c15-13-9-8-5(16)2-1-3-6(8)23-12(9)11(21)10(18-13)14(22)17-4-7(19)20/h1-3,21H,4H2,(H,17,22)(H,19,20). The number of carboxylic acid groups (broad SMARTS) is 1. The quantitative estimate of drug-likeness (QED) is 0.628. The summed E-state index contributed by atoms with van der Waals surface area (Å²) < 4.78 is 14.8. The minimum atomic E-state index is -1.24. The van der Waals surface area contributed by atoms with Gasteiger partial charge in [0.1, 0.15) is 17.5 Å². The van der Waals surface area contributed by atoms with E-state index in [4.69, 9.17) is 16.7 Å². The second kappa shape index (κ2) is 5.64. The van der Waals surface area contributed by atoms with Crippen LogP contribution in [0.3, 0.4) is 0 Å². The summed E-state index contributed by atoms with van der Waals surface area (Å²) in [7, 11) is 0. The number of nitrogens with zero attached hydrogens (tertiary/aromatic N) is 1. The molecule has 6 nitrogen and oxygen atoms in total. The SMILES string of the molecule is O=C(O)CNC(=O)c1nc(Cl)c2c(sc3cccc(F)c32)c1O. The number of carbonyl (C=O) groups is 2. The highest BCUT2D eigenvalue weighted by Gasteiger charge is 2.23. The Morgan fingerprint density at radius 1 is 1.35 bits per heavy atom. The van der Waals surface area contributed by atoms with Crippen LogP contribution in [0.1, 0.15) is 10.5 Å². The molecular weight excluding hydrogens is 347 g/mol. The van der Waals surface area contributed by atoms with Crippen LogP contribution in [0.15, 0.2) is 18.2 Å². The van der Waals surface area contributed by atoms with E-state index in [1.165, 1.54) is 12.1 Å². The zero-order valence-electron chi connectivity index (χ0n) is 11.3. The van der Waals surface area contributed by atoms with Crippen molar-refractivity contribution in [2.24, 2.45) is 0 Å². The van der Waals surface area contributed by atoms with Crippen LogP contribution < -0.4 is 5.32 Å². The van der Waals surface area contributed by atoms with E-state index in [1.54, 1.807) is 6.07 Å². The van der Waals surface area contributed by atoms with Crippen LogP contribution in [-0.2, 0) is 4.79 Å². The van der Waals surface area contributed by atoms with Crippen LogP contribution in [-0.4, -0.2) is 33.6 Å². The molecule has 0 spiro atoms. The molecule has 0 bridgehead atoms. The molecule has 0 unspecified atom stereocenters. The van der Waals surface area contributed by atoms with E-state index in [-0.39, 0.29) is 20.6 Å². The van der Waals surface area contributed by atoms with Gasteiger partial charge in [0.05, 0.1) is 4.70 Å². The van der Waals surface area contributed by atoms with Gasteiger partial charge in [0.25, 0.3) is 5.91 Å². The number of aliphatic carboxylic acids is 1. The van der Waals surface area contributed by atoms with Gasteiger partial charge in [0.15, 0.2) is 11.4 Å². The Kier molecular flexibility index (Phi) is 3.78. The fourth-order valence-electron chi connectivity index (χ4n) is 2.18. The number of amides is 1. The van der Waals surface area contributed by atoms with Crippen molar-refractivity contribution >= 4 is 55.0 Å². The fourth-order valence-corrected chi connectivity index (χ4v) is 3.67. The van der Waals surface area contributed by atoms with Crippen LogP contribution in [0.25, 0.3) is 20.2 Å². The summed E-state index contributed by atoms with van der Waals surface area (Å²) in [5, 5.41) is 21.2. The van der Waals surface area contributed by atoms with E-state index in [1.807, 2.05) is 0 Å². The average Bonchev–Trinajstić information content (AvgIpc) is 2.90. The number of halogens is 2. The molecule has 0 saturated carbocycles. The molecule has 0 aliphatic rings. The first kappa shape index (κ1) is 15.4. The van der Waals surface area contributed by atoms with E-state index < -0.39 is 35.7 Å². The number of fused-ring (bicyclic) bond motifs is 3.